The van der Waals surface area contributed by atoms with Crippen LogP contribution in [0.15, 0.2) is 73.3 Å². The molecule has 6 nitrogen and oxygen atoms in total. The Bertz CT molecular complexity index is 671. The molecule has 0 aromatic heterocycles. The van der Waals surface area contributed by atoms with Gasteiger partial charge in [0.15, 0.2) is 0 Å². The summed E-state index contributed by atoms with van der Waals surface area (Å²) in [5, 5.41) is 0. The zero-order valence-electron chi connectivity index (χ0n) is 18.2. The molecule has 0 saturated heterocycles. The largest absolute Gasteiger partial charge is 0.394 e. The zero-order valence-corrected chi connectivity index (χ0v) is 21.0. The summed E-state index contributed by atoms with van der Waals surface area (Å²) < 4.78 is 32.8. The molecule has 0 radical (unpaired) electrons. The van der Waals surface area contributed by atoms with Gasteiger partial charge in [-0.3, -0.25) is 9.11 Å². The second kappa shape index (κ2) is 19.0. The van der Waals surface area contributed by atoms with Crippen molar-refractivity contribution in [3.63, 3.8) is 0 Å². The van der Waals surface area contributed by atoms with Gasteiger partial charge < -0.3 is 9.80 Å². The molecule has 0 atom stereocenters. The third-order valence-electron chi connectivity index (χ3n) is 2.97. The second-order valence-corrected chi connectivity index (χ2v) is 8.30. The van der Waals surface area contributed by atoms with E-state index < -0.39 is 10.4 Å². The molecule has 2 N–H and O–H groups in total. The average molecular weight is 433 g/mol. The number of rotatable bonds is 5. The van der Waals surface area contributed by atoms with Gasteiger partial charge in [-0.1, -0.05) is 60.7 Å². The molecule has 2 rings (SSSR count). The normalized spacial score (nSPS) is 10.0. The van der Waals surface area contributed by atoms with Crippen LogP contribution in [0.4, 0.5) is 0 Å². The summed E-state index contributed by atoms with van der Waals surface area (Å²) in [5.74, 6) is 0. The van der Waals surface area contributed by atoms with Crippen molar-refractivity contribution in [3.05, 3.63) is 84.4 Å². The Morgan fingerprint density at radius 3 is 1.24 bits per heavy atom. The average Bonchev–Trinajstić information content (AvgIpc) is 2.62. The Balaban J connectivity index is 0. The molecule has 2 aromatic rings. The van der Waals surface area contributed by atoms with Crippen LogP contribution in [0.2, 0.25) is 3.67 Å². The van der Waals surface area contributed by atoms with Crippen molar-refractivity contribution < 1.29 is 17.5 Å². The van der Waals surface area contributed by atoms with Gasteiger partial charge >= 0.3 is 54.7 Å². The smallest absolute Gasteiger partial charge is 0.305 e. The maximum Gasteiger partial charge on any atom is 0.394 e. The van der Waals surface area contributed by atoms with Gasteiger partial charge in [-0.2, -0.15) is 8.42 Å². The Kier molecular flexibility index (Phi) is 19.7. The summed E-state index contributed by atoms with van der Waals surface area (Å²) in [6.45, 7) is 5.57. The third kappa shape index (κ3) is 29.3. The molecule has 2 aromatic carbocycles. The van der Waals surface area contributed by atoms with E-state index >= 15 is 0 Å². The van der Waals surface area contributed by atoms with E-state index in [-0.39, 0.29) is 0 Å². The maximum absolute atomic E-state index is 8.74. The number of benzene rings is 2. The molecule has 0 saturated carbocycles. The van der Waals surface area contributed by atoms with E-state index in [4.69, 9.17) is 17.5 Å². The molecule has 0 spiro atoms. The fourth-order valence-electron chi connectivity index (χ4n) is 1.90. The van der Waals surface area contributed by atoms with Gasteiger partial charge in [-0.05, 0) is 39.3 Å². The SMILES string of the molecule is C=C[CH2][Na].CN(C)Cc1ccccc1.CN(C)Cc1ccccc1.O=S(=O)(O)O. The quantitative estimate of drug-likeness (QED) is 0.427. The van der Waals surface area contributed by atoms with E-state index in [1.165, 1.54) is 42.7 Å². The molecular weight excluding hydrogens is 399 g/mol. The topological polar surface area (TPSA) is 81.1 Å². The summed E-state index contributed by atoms with van der Waals surface area (Å²) in [6.07, 6.45) is 1.94. The van der Waals surface area contributed by atoms with Gasteiger partial charge in [-0.25, -0.2) is 0 Å². The summed E-state index contributed by atoms with van der Waals surface area (Å²) in [7, 11) is 3.64. The van der Waals surface area contributed by atoms with Crippen molar-refractivity contribution in [2.45, 2.75) is 16.8 Å². The summed E-state index contributed by atoms with van der Waals surface area (Å²) in [4.78, 5) is 4.32. The maximum atomic E-state index is 8.74. The van der Waals surface area contributed by atoms with Gasteiger partial charge in [-0.15, -0.1) is 0 Å². The molecule has 0 aliphatic rings. The van der Waals surface area contributed by atoms with Gasteiger partial charge in [0, 0.05) is 13.1 Å². The minimum absolute atomic E-state index is 1.03. The van der Waals surface area contributed by atoms with E-state index in [1.54, 1.807) is 0 Å². The van der Waals surface area contributed by atoms with Crippen LogP contribution in [0.5, 0.6) is 0 Å². The molecule has 0 heterocycles. The van der Waals surface area contributed by atoms with E-state index in [2.05, 4.69) is 93.1 Å². The number of allylic oxidation sites excluding steroid dienone is 1. The first-order valence-corrected chi connectivity index (χ1v) is 12.0. The summed E-state index contributed by atoms with van der Waals surface area (Å²) in [5.41, 5.74) is 2.74. The Labute approximate surface area is 194 Å². The molecule has 0 amide bonds. The fraction of sp³-hybridized carbons (Fsp3) is 0.333. The van der Waals surface area contributed by atoms with Crippen LogP contribution in [-0.4, -0.2) is 83.4 Å². The zero-order chi connectivity index (χ0) is 22.7. The molecule has 0 aliphatic carbocycles. The Morgan fingerprint density at radius 1 is 0.828 bits per heavy atom. The second-order valence-electron chi connectivity index (χ2n) is 6.59. The summed E-state index contributed by atoms with van der Waals surface area (Å²) >= 11 is 1.27. The van der Waals surface area contributed by atoms with Crippen molar-refractivity contribution in [3.8, 4) is 0 Å². The monoisotopic (exact) mass is 432 g/mol. The van der Waals surface area contributed by atoms with E-state index in [1.807, 2.05) is 18.2 Å². The van der Waals surface area contributed by atoms with Crippen LogP contribution < -0.4 is 0 Å². The Morgan fingerprint density at radius 2 is 1.07 bits per heavy atom. The van der Waals surface area contributed by atoms with Crippen LogP contribution in [0, 0.1) is 0 Å². The molecule has 158 valence electrons. The van der Waals surface area contributed by atoms with E-state index in [0.717, 1.165) is 13.1 Å². The van der Waals surface area contributed by atoms with Crippen LogP contribution in [0.25, 0.3) is 0 Å². The van der Waals surface area contributed by atoms with E-state index in [0.29, 0.717) is 0 Å². The number of hydrogen-bond donors (Lipinski definition) is 2. The fourth-order valence-corrected chi connectivity index (χ4v) is 1.90. The van der Waals surface area contributed by atoms with Crippen LogP contribution in [0.1, 0.15) is 11.1 Å². The van der Waals surface area contributed by atoms with Gasteiger partial charge in [0.05, 0.1) is 0 Å². The Hall–Kier alpha value is -1.03. The van der Waals surface area contributed by atoms with Crippen molar-refractivity contribution >= 4 is 38.3 Å². The predicted octanol–water partition coefficient (Wildman–Crippen LogP) is 3.60. The van der Waals surface area contributed by atoms with Crippen molar-refractivity contribution in [2.24, 2.45) is 0 Å². The van der Waals surface area contributed by atoms with Crippen LogP contribution in [-0.2, 0) is 23.5 Å². The van der Waals surface area contributed by atoms with Crippen LogP contribution in [0.3, 0.4) is 0 Å². The molecule has 0 aliphatic heterocycles. The molecule has 0 unspecified atom stereocenters. The first-order valence-electron chi connectivity index (χ1n) is 9.17. The molecule has 29 heavy (non-hydrogen) atoms. The first-order chi connectivity index (χ1) is 13.5. The van der Waals surface area contributed by atoms with E-state index in [9.17, 15) is 0 Å². The molecular formula is C21H33N2NaO4S. The third-order valence-corrected chi connectivity index (χ3v) is 3.55. The number of hydrogen-bond acceptors (Lipinski definition) is 4. The standard InChI is InChI=1S/2C9H13N.C3H5.Na.H2O4S/c2*1-10(2)8-9-6-4-3-5-7-9;1-3-2;;1-5(2,3)4/h2*3-7H,8H2,1-2H3;3H,1-2H2;;(H2,1,2,3,4). The minimum atomic E-state index is -4.67. The van der Waals surface area contributed by atoms with Gasteiger partial charge in [0.25, 0.3) is 0 Å². The van der Waals surface area contributed by atoms with Crippen molar-refractivity contribution in [1.29, 1.82) is 0 Å². The molecule has 0 fully saturated rings. The molecule has 8 heteroatoms. The minimum Gasteiger partial charge on any atom is -0.305 e. The molecule has 0 bridgehead atoms. The van der Waals surface area contributed by atoms with Crippen molar-refractivity contribution in [2.75, 3.05) is 28.2 Å². The summed E-state index contributed by atoms with van der Waals surface area (Å²) in [6, 6.07) is 20.9. The van der Waals surface area contributed by atoms with Crippen LogP contribution >= 0.6 is 0 Å². The predicted molar refractivity (Wildman–Crippen MR) is 123 cm³/mol. The van der Waals surface area contributed by atoms with Crippen molar-refractivity contribution in [1.82, 2.24) is 9.80 Å². The van der Waals surface area contributed by atoms with Gasteiger partial charge in [0.1, 0.15) is 0 Å². The van der Waals surface area contributed by atoms with Gasteiger partial charge in [0.2, 0.25) is 0 Å². The number of nitrogens with zero attached hydrogens (tertiary/aromatic N) is 2. The first kappa shape index (κ1) is 30.2.